The molecule has 0 bridgehead atoms. The van der Waals surface area contributed by atoms with Gasteiger partial charge in [0.15, 0.2) is 11.5 Å². The quantitative estimate of drug-likeness (QED) is 0.491. The summed E-state index contributed by atoms with van der Waals surface area (Å²) >= 11 is 0. The van der Waals surface area contributed by atoms with E-state index >= 15 is 0 Å². The highest BCUT2D eigenvalue weighted by Gasteiger charge is 2.27. The highest BCUT2D eigenvalue weighted by atomic mass is 32.2. The Hall–Kier alpha value is -3.11. The van der Waals surface area contributed by atoms with E-state index in [-0.39, 0.29) is 10.5 Å². The van der Waals surface area contributed by atoms with Crippen molar-refractivity contribution in [3.05, 3.63) is 47.5 Å². The number of hydrogen-bond acceptors (Lipinski definition) is 7. The molecule has 1 saturated heterocycles. The van der Waals surface area contributed by atoms with Crippen molar-refractivity contribution < 1.29 is 27.4 Å². The maximum Gasteiger partial charge on any atom is 0.271 e. The van der Waals surface area contributed by atoms with Crippen molar-refractivity contribution >= 4 is 22.1 Å². The molecule has 0 spiro atoms. The molecule has 1 aliphatic heterocycles. The largest absolute Gasteiger partial charge is 0.493 e. The molecule has 0 atom stereocenters. The molecule has 2 aromatic rings. The molecule has 166 valence electrons. The summed E-state index contributed by atoms with van der Waals surface area (Å²) in [4.78, 5) is 12.6. The van der Waals surface area contributed by atoms with Crippen LogP contribution < -0.4 is 19.6 Å². The molecule has 0 saturated carbocycles. The minimum atomic E-state index is -3.61. The lowest BCUT2D eigenvalue weighted by Crippen LogP contribution is -2.28. The number of nitrogens with one attached hydrogen (secondary N) is 1. The second kappa shape index (κ2) is 9.80. The van der Waals surface area contributed by atoms with Crippen molar-refractivity contribution in [1.29, 1.82) is 0 Å². The predicted molar refractivity (Wildman–Crippen MR) is 116 cm³/mol. The maximum absolute atomic E-state index is 12.7. The van der Waals surface area contributed by atoms with Crippen molar-refractivity contribution in [2.75, 3.05) is 34.4 Å². The van der Waals surface area contributed by atoms with E-state index in [1.807, 2.05) is 0 Å². The first-order valence-corrected chi connectivity index (χ1v) is 11.1. The third kappa shape index (κ3) is 4.80. The van der Waals surface area contributed by atoms with Crippen LogP contribution in [0.5, 0.6) is 17.2 Å². The van der Waals surface area contributed by atoms with Crippen LogP contribution in [0.1, 0.15) is 28.8 Å². The van der Waals surface area contributed by atoms with Gasteiger partial charge in [-0.05, 0) is 43.2 Å². The fraction of sp³-hybridized carbons (Fsp3) is 0.333. The normalized spacial score (nSPS) is 14.5. The average Bonchev–Trinajstić information content (AvgIpc) is 3.34. The molecule has 1 fully saturated rings. The van der Waals surface area contributed by atoms with Crippen LogP contribution in [-0.4, -0.2) is 59.3 Å². The van der Waals surface area contributed by atoms with Gasteiger partial charge in [-0.3, -0.25) is 4.79 Å². The third-order valence-corrected chi connectivity index (χ3v) is 6.80. The van der Waals surface area contributed by atoms with Gasteiger partial charge in [-0.15, -0.1) is 0 Å². The fourth-order valence-electron chi connectivity index (χ4n) is 3.33. The van der Waals surface area contributed by atoms with Gasteiger partial charge in [0.1, 0.15) is 0 Å². The lowest BCUT2D eigenvalue weighted by Gasteiger charge is -2.15. The number of nitrogens with zero attached hydrogens (tertiary/aromatic N) is 2. The number of sulfonamides is 1. The number of carbonyl (C=O) groups is 1. The van der Waals surface area contributed by atoms with Crippen LogP contribution >= 0.6 is 0 Å². The van der Waals surface area contributed by atoms with Crippen molar-refractivity contribution in [2.45, 2.75) is 17.7 Å². The molecule has 1 amide bonds. The molecule has 3 rings (SSSR count). The van der Waals surface area contributed by atoms with E-state index in [4.69, 9.17) is 14.2 Å². The Labute approximate surface area is 181 Å². The molecule has 0 aromatic heterocycles. The number of methoxy groups -OCH3 is 3. The van der Waals surface area contributed by atoms with E-state index in [1.54, 1.807) is 18.2 Å². The van der Waals surface area contributed by atoms with Crippen molar-refractivity contribution in [3.63, 3.8) is 0 Å². The summed E-state index contributed by atoms with van der Waals surface area (Å²) in [5.41, 5.74) is 3.16. The number of hydrazone groups is 1. The second-order valence-corrected chi connectivity index (χ2v) is 8.70. The molecule has 10 heteroatoms. The van der Waals surface area contributed by atoms with Crippen LogP contribution in [-0.2, 0) is 10.0 Å². The Morgan fingerprint density at radius 1 is 1.03 bits per heavy atom. The highest BCUT2D eigenvalue weighted by Crippen LogP contribution is 2.38. The lowest BCUT2D eigenvalue weighted by atomic mass is 10.2. The Morgan fingerprint density at radius 3 is 2.39 bits per heavy atom. The number of hydrogen-bond donors (Lipinski definition) is 1. The molecule has 0 unspecified atom stereocenters. The van der Waals surface area contributed by atoms with Gasteiger partial charge in [0.05, 0.1) is 32.4 Å². The predicted octanol–water partition coefficient (Wildman–Crippen LogP) is 2.26. The van der Waals surface area contributed by atoms with E-state index in [0.717, 1.165) is 12.8 Å². The number of rotatable bonds is 8. The number of carbonyl (C=O) groups excluding carboxylic acids is 1. The molecule has 1 heterocycles. The maximum atomic E-state index is 12.7. The number of amides is 1. The average molecular weight is 448 g/mol. The van der Waals surface area contributed by atoms with Gasteiger partial charge in [-0.1, -0.05) is 6.07 Å². The summed E-state index contributed by atoms with van der Waals surface area (Å²) in [6.45, 7) is 0.992. The SMILES string of the molecule is COc1ccc(/C=N\NC(=O)c2cccc(S(=O)(=O)N3CCCC3)c2)c(OC)c1OC. The van der Waals surface area contributed by atoms with Gasteiger partial charge in [0.25, 0.3) is 5.91 Å². The monoisotopic (exact) mass is 447 g/mol. The summed E-state index contributed by atoms with van der Waals surface area (Å²) in [5.74, 6) is 0.768. The van der Waals surface area contributed by atoms with Gasteiger partial charge in [0.2, 0.25) is 15.8 Å². The zero-order valence-corrected chi connectivity index (χ0v) is 18.4. The van der Waals surface area contributed by atoms with Crippen LogP contribution in [0.25, 0.3) is 0 Å². The standard InChI is InChI=1S/C21H25N3O6S/c1-28-18-10-9-16(19(29-2)20(18)30-3)14-22-23-21(25)15-7-6-8-17(13-15)31(26,27)24-11-4-5-12-24/h6-10,13-14H,4-5,11-12H2,1-3H3,(H,23,25)/b22-14-. The van der Waals surface area contributed by atoms with E-state index in [9.17, 15) is 13.2 Å². The molecule has 1 aliphatic rings. The first-order valence-electron chi connectivity index (χ1n) is 9.65. The fourth-order valence-corrected chi connectivity index (χ4v) is 4.89. The zero-order chi connectivity index (χ0) is 22.4. The van der Waals surface area contributed by atoms with E-state index in [0.29, 0.717) is 35.9 Å². The topological polar surface area (TPSA) is 107 Å². The Morgan fingerprint density at radius 2 is 1.74 bits per heavy atom. The molecule has 9 nitrogen and oxygen atoms in total. The van der Waals surface area contributed by atoms with Gasteiger partial charge < -0.3 is 14.2 Å². The molecule has 1 N–H and O–H groups in total. The first kappa shape index (κ1) is 22.6. The van der Waals surface area contributed by atoms with Crippen molar-refractivity contribution in [3.8, 4) is 17.2 Å². The highest BCUT2D eigenvalue weighted by molar-refractivity contribution is 7.89. The minimum absolute atomic E-state index is 0.0904. The van der Waals surface area contributed by atoms with Gasteiger partial charge >= 0.3 is 0 Å². The first-order chi connectivity index (χ1) is 14.9. The van der Waals surface area contributed by atoms with Crippen LogP contribution in [0.15, 0.2) is 46.4 Å². The summed E-state index contributed by atoms with van der Waals surface area (Å²) in [7, 11) is 0.886. The summed E-state index contributed by atoms with van der Waals surface area (Å²) in [5, 5.41) is 3.97. The zero-order valence-electron chi connectivity index (χ0n) is 17.6. The van der Waals surface area contributed by atoms with E-state index in [2.05, 4.69) is 10.5 Å². The lowest BCUT2D eigenvalue weighted by molar-refractivity contribution is 0.0955. The molecule has 31 heavy (non-hydrogen) atoms. The molecule has 0 radical (unpaired) electrons. The van der Waals surface area contributed by atoms with E-state index in [1.165, 1.54) is 50.0 Å². The summed E-state index contributed by atoms with van der Waals surface area (Å²) < 4.78 is 42.8. The van der Waals surface area contributed by atoms with Gasteiger partial charge in [-0.25, -0.2) is 13.8 Å². The molecular formula is C21H25N3O6S. The Kier molecular flexibility index (Phi) is 7.13. The minimum Gasteiger partial charge on any atom is -0.493 e. The Balaban J connectivity index is 1.77. The summed E-state index contributed by atoms with van der Waals surface area (Å²) in [6, 6.07) is 9.32. The third-order valence-electron chi connectivity index (χ3n) is 4.90. The number of benzene rings is 2. The number of ether oxygens (including phenoxy) is 3. The van der Waals surface area contributed by atoms with Crippen molar-refractivity contribution in [2.24, 2.45) is 5.10 Å². The van der Waals surface area contributed by atoms with Crippen LogP contribution in [0.3, 0.4) is 0 Å². The van der Waals surface area contributed by atoms with Gasteiger partial charge in [-0.2, -0.15) is 9.41 Å². The Bertz CT molecular complexity index is 1080. The second-order valence-electron chi connectivity index (χ2n) is 6.76. The van der Waals surface area contributed by atoms with Crippen LogP contribution in [0, 0.1) is 0 Å². The molecular weight excluding hydrogens is 422 g/mol. The van der Waals surface area contributed by atoms with Crippen LogP contribution in [0.2, 0.25) is 0 Å². The molecule has 2 aromatic carbocycles. The summed E-state index contributed by atoms with van der Waals surface area (Å²) in [6.07, 6.45) is 3.09. The smallest absolute Gasteiger partial charge is 0.271 e. The molecule has 0 aliphatic carbocycles. The van der Waals surface area contributed by atoms with Crippen molar-refractivity contribution in [1.82, 2.24) is 9.73 Å². The van der Waals surface area contributed by atoms with E-state index < -0.39 is 15.9 Å². The van der Waals surface area contributed by atoms with Crippen LogP contribution in [0.4, 0.5) is 0 Å². The van der Waals surface area contributed by atoms with Gasteiger partial charge in [0, 0.05) is 24.2 Å².